The van der Waals surface area contributed by atoms with Crippen LogP contribution in [0.3, 0.4) is 0 Å². The van der Waals surface area contributed by atoms with Crippen LogP contribution in [0.25, 0.3) is 10.9 Å². The van der Waals surface area contributed by atoms with Gasteiger partial charge in [-0.25, -0.2) is 23.2 Å². The molecule has 1 aliphatic rings. The smallest absolute Gasteiger partial charge is 0.328 e. The molecule has 0 spiro atoms. The number of nitrogens with one attached hydrogen (secondary N) is 1. The number of methoxy groups -OCH3 is 1. The fourth-order valence-corrected chi connectivity index (χ4v) is 5.11. The molecule has 0 amide bonds. The number of nitrogens with zero attached hydrogens (tertiary/aromatic N) is 4. The Hall–Kier alpha value is -3.08. The number of aromatic nitrogens is 2. The Balaban J connectivity index is 1.42. The van der Waals surface area contributed by atoms with Crippen molar-refractivity contribution < 1.29 is 17.9 Å². The molecule has 2 heterocycles. The SMILES string of the molecule is COC(=O)[C@@H](Nc1nc(CN2CCN(Cc3ccc(S(C)(=O)=O)cc3)CC2)nc2ccccc12)C(C)C. The zero-order valence-electron chi connectivity index (χ0n) is 21.8. The highest BCUT2D eigenvalue weighted by Crippen LogP contribution is 2.23. The number of benzene rings is 2. The summed E-state index contributed by atoms with van der Waals surface area (Å²) in [6, 6.07) is 14.4. The normalized spacial score (nSPS) is 16.1. The van der Waals surface area contributed by atoms with E-state index in [0.717, 1.165) is 49.2 Å². The lowest BCUT2D eigenvalue weighted by Gasteiger charge is -2.34. The van der Waals surface area contributed by atoms with Crippen LogP contribution in [0.15, 0.2) is 53.4 Å². The highest BCUT2D eigenvalue weighted by Gasteiger charge is 2.25. The maximum atomic E-state index is 12.4. The van der Waals surface area contributed by atoms with E-state index in [-0.39, 0.29) is 11.9 Å². The number of esters is 1. The molecule has 0 radical (unpaired) electrons. The van der Waals surface area contributed by atoms with E-state index >= 15 is 0 Å². The molecule has 4 rings (SSSR count). The summed E-state index contributed by atoms with van der Waals surface area (Å²) in [5.74, 6) is 1.06. The summed E-state index contributed by atoms with van der Waals surface area (Å²) in [7, 11) is -1.79. The molecule has 10 heteroatoms. The highest BCUT2D eigenvalue weighted by molar-refractivity contribution is 7.90. The lowest BCUT2D eigenvalue weighted by atomic mass is 10.0. The molecule has 2 aromatic carbocycles. The summed E-state index contributed by atoms with van der Waals surface area (Å²) in [6.07, 6.45) is 1.22. The summed E-state index contributed by atoms with van der Waals surface area (Å²) < 4.78 is 28.4. The van der Waals surface area contributed by atoms with Gasteiger partial charge in [0.2, 0.25) is 0 Å². The standard InChI is InChI=1S/C27H35N5O4S/c1-19(2)25(27(33)36-3)30-26-22-7-5-6-8-23(22)28-24(29-26)18-32-15-13-31(14-16-32)17-20-9-11-21(12-10-20)37(4,34)35/h5-12,19,25H,13-18H2,1-4H3,(H,28,29,30)/t25-/m0/s1. The molecule has 1 saturated heterocycles. The third kappa shape index (κ3) is 6.82. The predicted octanol–water partition coefficient (Wildman–Crippen LogP) is 2.96. The van der Waals surface area contributed by atoms with Crippen molar-refractivity contribution in [2.75, 3.05) is 44.9 Å². The van der Waals surface area contributed by atoms with Gasteiger partial charge in [0.1, 0.15) is 17.7 Å². The monoisotopic (exact) mass is 525 g/mol. The van der Waals surface area contributed by atoms with Crippen molar-refractivity contribution in [3.63, 3.8) is 0 Å². The summed E-state index contributed by atoms with van der Waals surface area (Å²) in [5.41, 5.74) is 1.93. The van der Waals surface area contributed by atoms with Crippen LogP contribution in [0.4, 0.5) is 5.82 Å². The fraction of sp³-hybridized carbons (Fsp3) is 0.444. The van der Waals surface area contributed by atoms with Crippen molar-refractivity contribution in [3.8, 4) is 0 Å². The van der Waals surface area contributed by atoms with Gasteiger partial charge in [-0.2, -0.15) is 0 Å². The fourth-order valence-electron chi connectivity index (χ4n) is 4.48. The Bertz CT molecular complexity index is 1340. The van der Waals surface area contributed by atoms with Crippen molar-refractivity contribution in [2.45, 2.75) is 37.9 Å². The van der Waals surface area contributed by atoms with Crippen LogP contribution < -0.4 is 5.32 Å². The maximum absolute atomic E-state index is 12.4. The summed E-state index contributed by atoms with van der Waals surface area (Å²) in [5, 5.41) is 4.18. The van der Waals surface area contributed by atoms with Crippen molar-refractivity contribution in [1.82, 2.24) is 19.8 Å². The second-order valence-corrected chi connectivity index (χ2v) is 11.9. The summed E-state index contributed by atoms with van der Waals surface area (Å²) in [6.45, 7) is 8.86. The molecule has 1 fully saturated rings. The molecule has 0 saturated carbocycles. The second-order valence-electron chi connectivity index (χ2n) is 9.86. The Kier molecular flexibility index (Phi) is 8.41. The van der Waals surface area contributed by atoms with Crippen molar-refractivity contribution in [3.05, 3.63) is 59.9 Å². The first-order chi connectivity index (χ1) is 17.6. The summed E-state index contributed by atoms with van der Waals surface area (Å²) in [4.78, 5) is 27.0. The van der Waals surface area contributed by atoms with Gasteiger partial charge in [0.15, 0.2) is 9.84 Å². The largest absolute Gasteiger partial charge is 0.467 e. The minimum absolute atomic E-state index is 0.0280. The van der Waals surface area contributed by atoms with E-state index in [9.17, 15) is 13.2 Å². The van der Waals surface area contributed by atoms with Gasteiger partial charge in [0.25, 0.3) is 0 Å². The van der Waals surface area contributed by atoms with E-state index in [1.165, 1.54) is 13.4 Å². The van der Waals surface area contributed by atoms with Crippen molar-refractivity contribution >= 4 is 32.5 Å². The Morgan fingerprint density at radius 1 is 0.973 bits per heavy atom. The third-order valence-electron chi connectivity index (χ3n) is 6.65. The minimum atomic E-state index is -3.18. The quantitative estimate of drug-likeness (QED) is 0.422. The molecule has 0 bridgehead atoms. The highest BCUT2D eigenvalue weighted by atomic mass is 32.2. The maximum Gasteiger partial charge on any atom is 0.328 e. The lowest BCUT2D eigenvalue weighted by molar-refractivity contribution is -0.142. The number of para-hydroxylation sites is 1. The predicted molar refractivity (Wildman–Crippen MR) is 144 cm³/mol. The van der Waals surface area contributed by atoms with Crippen molar-refractivity contribution in [1.29, 1.82) is 0 Å². The molecule has 198 valence electrons. The number of sulfone groups is 1. The Morgan fingerprint density at radius 2 is 1.59 bits per heavy atom. The van der Waals surface area contributed by atoms with Gasteiger partial charge in [0.05, 0.1) is 24.1 Å². The minimum Gasteiger partial charge on any atom is -0.467 e. The average Bonchev–Trinajstić information content (AvgIpc) is 2.87. The van der Waals surface area contributed by atoms with E-state index in [0.29, 0.717) is 23.1 Å². The zero-order chi connectivity index (χ0) is 26.6. The first kappa shape index (κ1) is 27.0. The Morgan fingerprint density at radius 3 is 2.19 bits per heavy atom. The van der Waals surface area contributed by atoms with E-state index in [2.05, 4.69) is 15.1 Å². The van der Waals surface area contributed by atoms with Crippen LogP contribution >= 0.6 is 0 Å². The molecule has 9 nitrogen and oxygen atoms in total. The molecular weight excluding hydrogens is 490 g/mol. The molecular formula is C27H35N5O4S. The van der Waals surface area contributed by atoms with Gasteiger partial charge in [-0.1, -0.05) is 38.1 Å². The number of anilines is 1. The number of ether oxygens (including phenoxy) is 1. The molecule has 37 heavy (non-hydrogen) atoms. The van der Waals surface area contributed by atoms with Gasteiger partial charge < -0.3 is 10.1 Å². The molecule has 3 aromatic rings. The zero-order valence-corrected chi connectivity index (χ0v) is 22.7. The van der Waals surface area contributed by atoms with Crippen LogP contribution in [-0.2, 0) is 32.5 Å². The van der Waals surface area contributed by atoms with Crippen LogP contribution in [0.5, 0.6) is 0 Å². The van der Waals surface area contributed by atoms with Crippen LogP contribution in [0.2, 0.25) is 0 Å². The van der Waals surface area contributed by atoms with Crippen LogP contribution in [-0.4, -0.2) is 79.7 Å². The topological polar surface area (TPSA) is 105 Å². The van der Waals surface area contributed by atoms with E-state index in [1.54, 1.807) is 12.1 Å². The second kappa shape index (κ2) is 11.5. The number of rotatable bonds is 9. The molecule has 1 aromatic heterocycles. The number of hydrogen-bond acceptors (Lipinski definition) is 9. The van der Waals surface area contributed by atoms with Gasteiger partial charge in [-0.05, 0) is 35.7 Å². The van der Waals surface area contributed by atoms with Gasteiger partial charge >= 0.3 is 5.97 Å². The number of hydrogen-bond donors (Lipinski definition) is 1. The first-order valence-electron chi connectivity index (χ1n) is 12.5. The molecule has 1 atom stereocenters. The number of piperazine rings is 1. The van der Waals surface area contributed by atoms with Gasteiger partial charge in [-0.15, -0.1) is 0 Å². The first-order valence-corrected chi connectivity index (χ1v) is 14.4. The summed E-state index contributed by atoms with van der Waals surface area (Å²) >= 11 is 0. The molecule has 0 aliphatic carbocycles. The Labute approximate surface area is 218 Å². The van der Waals surface area contributed by atoms with E-state index in [1.807, 2.05) is 50.2 Å². The number of carbonyl (C=O) groups is 1. The third-order valence-corrected chi connectivity index (χ3v) is 7.78. The van der Waals surface area contributed by atoms with Crippen LogP contribution in [0.1, 0.15) is 25.2 Å². The lowest BCUT2D eigenvalue weighted by Crippen LogP contribution is -2.45. The number of fused-ring (bicyclic) bond motifs is 1. The molecule has 1 N–H and O–H groups in total. The molecule has 1 aliphatic heterocycles. The van der Waals surface area contributed by atoms with Gasteiger partial charge in [-0.3, -0.25) is 9.80 Å². The van der Waals surface area contributed by atoms with E-state index < -0.39 is 15.9 Å². The molecule has 0 unspecified atom stereocenters. The van der Waals surface area contributed by atoms with Crippen LogP contribution in [0, 0.1) is 5.92 Å². The average molecular weight is 526 g/mol. The van der Waals surface area contributed by atoms with E-state index in [4.69, 9.17) is 14.7 Å². The van der Waals surface area contributed by atoms with Gasteiger partial charge in [0, 0.05) is 44.4 Å². The van der Waals surface area contributed by atoms with Crippen molar-refractivity contribution in [2.24, 2.45) is 5.92 Å². The number of carbonyl (C=O) groups excluding carboxylic acids is 1.